The van der Waals surface area contributed by atoms with Gasteiger partial charge in [0.2, 0.25) is 0 Å². The van der Waals surface area contributed by atoms with Gasteiger partial charge in [0.25, 0.3) is 0 Å². The highest BCUT2D eigenvalue weighted by molar-refractivity contribution is 5.81. The van der Waals surface area contributed by atoms with Crippen LogP contribution in [0.5, 0.6) is 11.5 Å². The van der Waals surface area contributed by atoms with Crippen LogP contribution in [-0.2, 0) is 19.5 Å². The summed E-state index contributed by atoms with van der Waals surface area (Å²) in [5.41, 5.74) is 5.24. The lowest BCUT2D eigenvalue weighted by Crippen LogP contribution is -2.49. The first-order chi connectivity index (χ1) is 15.2. The summed E-state index contributed by atoms with van der Waals surface area (Å²) in [5.74, 6) is 1.67. The molecule has 3 heterocycles. The number of piperidine rings is 1. The van der Waals surface area contributed by atoms with E-state index in [0.717, 1.165) is 49.6 Å². The number of benzene rings is 2. The number of nitrogens with zero attached hydrogens (tertiary/aromatic N) is 3. The molecule has 31 heavy (non-hydrogen) atoms. The van der Waals surface area contributed by atoms with E-state index in [4.69, 9.17) is 9.47 Å². The molecule has 0 aliphatic carbocycles. The maximum atomic E-state index is 5.54. The van der Waals surface area contributed by atoms with Crippen LogP contribution in [0.1, 0.15) is 29.5 Å². The van der Waals surface area contributed by atoms with Crippen molar-refractivity contribution in [1.82, 2.24) is 14.8 Å². The normalized spacial score (nSPS) is 19.9. The van der Waals surface area contributed by atoms with E-state index in [1.54, 1.807) is 14.2 Å². The molecule has 0 N–H and O–H groups in total. The SMILES string of the molecule is COc1cc2c(cc1OC)CN(C1CCCN(Cc3ccnc4ccccc34)C1)CC2. The van der Waals surface area contributed by atoms with E-state index in [-0.39, 0.29) is 0 Å². The van der Waals surface area contributed by atoms with E-state index in [1.165, 1.54) is 41.5 Å². The van der Waals surface area contributed by atoms with Crippen LogP contribution in [-0.4, -0.2) is 54.7 Å². The summed E-state index contributed by atoms with van der Waals surface area (Å²) in [6.45, 7) is 5.39. The zero-order valence-electron chi connectivity index (χ0n) is 18.5. The molecule has 2 aliphatic rings. The van der Waals surface area contributed by atoms with Crippen LogP contribution in [0.4, 0.5) is 0 Å². The third-order valence-electron chi connectivity index (χ3n) is 6.88. The first-order valence-corrected chi connectivity index (χ1v) is 11.3. The predicted molar refractivity (Wildman–Crippen MR) is 124 cm³/mol. The Morgan fingerprint density at radius 2 is 1.81 bits per heavy atom. The molecule has 1 saturated heterocycles. The van der Waals surface area contributed by atoms with Crippen LogP contribution >= 0.6 is 0 Å². The van der Waals surface area contributed by atoms with Gasteiger partial charge in [-0.2, -0.15) is 0 Å². The van der Waals surface area contributed by atoms with Gasteiger partial charge in [-0.1, -0.05) is 18.2 Å². The average molecular weight is 418 g/mol. The molecule has 3 aromatic rings. The van der Waals surface area contributed by atoms with Crippen molar-refractivity contribution in [3.8, 4) is 11.5 Å². The fourth-order valence-corrected chi connectivity index (χ4v) is 5.22. The molecule has 5 nitrogen and oxygen atoms in total. The van der Waals surface area contributed by atoms with Crippen molar-refractivity contribution in [3.63, 3.8) is 0 Å². The Morgan fingerprint density at radius 1 is 1.00 bits per heavy atom. The molecule has 0 spiro atoms. The first-order valence-electron chi connectivity index (χ1n) is 11.3. The summed E-state index contributed by atoms with van der Waals surface area (Å²) in [6, 6.07) is 15.6. The van der Waals surface area contributed by atoms with Gasteiger partial charge in [-0.3, -0.25) is 14.8 Å². The first kappa shape index (κ1) is 20.3. The Bertz CT molecular complexity index is 1060. The largest absolute Gasteiger partial charge is 0.493 e. The fraction of sp³-hybridized carbons (Fsp3) is 0.423. The number of para-hydroxylation sites is 1. The molecule has 5 rings (SSSR count). The summed E-state index contributed by atoms with van der Waals surface area (Å²) < 4.78 is 11.0. The molecular weight excluding hydrogens is 386 g/mol. The van der Waals surface area contributed by atoms with Crippen LogP contribution in [0.3, 0.4) is 0 Å². The lowest BCUT2D eigenvalue weighted by atomic mass is 9.95. The zero-order chi connectivity index (χ0) is 21.2. The number of fused-ring (bicyclic) bond motifs is 2. The van der Waals surface area contributed by atoms with Gasteiger partial charge in [0.1, 0.15) is 0 Å². The Morgan fingerprint density at radius 3 is 2.65 bits per heavy atom. The quantitative estimate of drug-likeness (QED) is 0.620. The summed E-state index contributed by atoms with van der Waals surface area (Å²) >= 11 is 0. The average Bonchev–Trinajstić information content (AvgIpc) is 2.83. The molecule has 2 aliphatic heterocycles. The number of rotatable bonds is 5. The summed E-state index contributed by atoms with van der Waals surface area (Å²) in [6.07, 6.45) is 5.54. The standard InChI is InChI=1S/C26H31N3O2/c1-30-25-14-19-10-13-29(17-21(19)15-26(25)31-2)22-6-5-12-28(18-22)16-20-9-11-27-24-8-4-3-7-23(20)24/h3-4,7-9,11,14-15,22H,5-6,10,12-13,16-18H2,1-2H3. The van der Waals surface area contributed by atoms with Gasteiger partial charge in [-0.05, 0) is 66.8 Å². The Hall–Kier alpha value is -2.63. The summed E-state index contributed by atoms with van der Waals surface area (Å²) in [7, 11) is 3.43. The van der Waals surface area contributed by atoms with Crippen molar-refractivity contribution < 1.29 is 9.47 Å². The van der Waals surface area contributed by atoms with Crippen molar-refractivity contribution in [2.24, 2.45) is 0 Å². The Kier molecular flexibility index (Phi) is 5.79. The molecule has 2 aromatic carbocycles. The maximum absolute atomic E-state index is 5.54. The smallest absolute Gasteiger partial charge is 0.161 e. The topological polar surface area (TPSA) is 37.8 Å². The number of ether oxygens (including phenoxy) is 2. The predicted octanol–water partition coefficient (Wildman–Crippen LogP) is 4.27. The van der Waals surface area contributed by atoms with Crippen molar-refractivity contribution in [2.45, 2.75) is 38.4 Å². The number of likely N-dealkylation sites (tertiary alicyclic amines) is 1. The Balaban J connectivity index is 1.30. The van der Waals surface area contributed by atoms with Crippen LogP contribution < -0.4 is 9.47 Å². The molecule has 5 heteroatoms. The van der Waals surface area contributed by atoms with Gasteiger partial charge < -0.3 is 9.47 Å². The number of methoxy groups -OCH3 is 2. The monoisotopic (exact) mass is 417 g/mol. The summed E-state index contributed by atoms with van der Waals surface area (Å²) in [4.78, 5) is 9.82. The third kappa shape index (κ3) is 4.12. The van der Waals surface area contributed by atoms with Crippen LogP contribution in [0.25, 0.3) is 10.9 Å². The van der Waals surface area contributed by atoms with Gasteiger partial charge in [-0.15, -0.1) is 0 Å². The number of hydrogen-bond donors (Lipinski definition) is 0. The molecule has 0 saturated carbocycles. The van der Waals surface area contributed by atoms with Crippen molar-refractivity contribution in [3.05, 3.63) is 65.4 Å². The second-order valence-electron chi connectivity index (χ2n) is 8.71. The lowest BCUT2D eigenvalue weighted by molar-refractivity contribution is 0.0839. The fourth-order valence-electron chi connectivity index (χ4n) is 5.22. The molecule has 1 atom stereocenters. The highest BCUT2D eigenvalue weighted by atomic mass is 16.5. The zero-order valence-corrected chi connectivity index (χ0v) is 18.5. The summed E-state index contributed by atoms with van der Waals surface area (Å²) in [5, 5.41) is 1.28. The van der Waals surface area contributed by atoms with Gasteiger partial charge in [-0.25, -0.2) is 0 Å². The number of aromatic nitrogens is 1. The van der Waals surface area contributed by atoms with E-state index in [0.29, 0.717) is 6.04 Å². The molecule has 1 fully saturated rings. The number of pyridine rings is 1. The molecule has 1 aromatic heterocycles. The minimum Gasteiger partial charge on any atom is -0.493 e. The van der Waals surface area contributed by atoms with E-state index in [1.807, 2.05) is 6.20 Å². The molecular formula is C26H31N3O2. The van der Waals surface area contributed by atoms with Crippen LogP contribution in [0.15, 0.2) is 48.7 Å². The Labute approximate surface area is 184 Å². The minimum absolute atomic E-state index is 0.600. The van der Waals surface area contributed by atoms with Crippen LogP contribution in [0.2, 0.25) is 0 Å². The van der Waals surface area contributed by atoms with Crippen molar-refractivity contribution in [1.29, 1.82) is 0 Å². The highest BCUT2D eigenvalue weighted by Crippen LogP contribution is 2.34. The van der Waals surface area contributed by atoms with Gasteiger partial charge in [0.05, 0.1) is 19.7 Å². The second-order valence-corrected chi connectivity index (χ2v) is 8.71. The minimum atomic E-state index is 0.600. The van der Waals surface area contributed by atoms with E-state index in [9.17, 15) is 0 Å². The molecule has 0 amide bonds. The number of hydrogen-bond acceptors (Lipinski definition) is 5. The van der Waals surface area contributed by atoms with Gasteiger partial charge >= 0.3 is 0 Å². The molecule has 0 radical (unpaired) electrons. The van der Waals surface area contributed by atoms with E-state index in [2.05, 4.69) is 57.2 Å². The van der Waals surface area contributed by atoms with Crippen molar-refractivity contribution >= 4 is 10.9 Å². The van der Waals surface area contributed by atoms with Gasteiger partial charge in [0.15, 0.2) is 11.5 Å². The van der Waals surface area contributed by atoms with E-state index < -0.39 is 0 Å². The molecule has 1 unspecified atom stereocenters. The van der Waals surface area contributed by atoms with Crippen LogP contribution in [0, 0.1) is 0 Å². The maximum Gasteiger partial charge on any atom is 0.161 e. The molecule has 162 valence electrons. The lowest BCUT2D eigenvalue weighted by Gasteiger charge is -2.41. The van der Waals surface area contributed by atoms with Gasteiger partial charge in [0, 0.05) is 43.8 Å². The van der Waals surface area contributed by atoms with Crippen molar-refractivity contribution in [2.75, 3.05) is 33.9 Å². The third-order valence-corrected chi connectivity index (χ3v) is 6.88. The highest BCUT2D eigenvalue weighted by Gasteiger charge is 2.29. The molecule has 0 bridgehead atoms. The second kappa shape index (κ2) is 8.85. The van der Waals surface area contributed by atoms with E-state index >= 15 is 0 Å².